The van der Waals surface area contributed by atoms with Gasteiger partial charge in [-0.3, -0.25) is 10.1 Å². The minimum absolute atomic E-state index is 0.0678. The maximum atomic E-state index is 13.5. The lowest BCUT2D eigenvalue weighted by molar-refractivity contribution is -0.385. The van der Waals surface area contributed by atoms with E-state index in [-0.39, 0.29) is 16.5 Å². The number of hydrogen-bond donors (Lipinski definition) is 0. The Hall–Kier alpha value is -1.47. The normalized spacial score (nSPS) is 12.2. The average Bonchev–Trinajstić information content (AvgIpc) is 2.46. The van der Waals surface area contributed by atoms with Gasteiger partial charge in [-0.05, 0) is 43.5 Å². The van der Waals surface area contributed by atoms with E-state index in [1.165, 1.54) is 0 Å². The van der Waals surface area contributed by atoms with E-state index in [0.717, 1.165) is 44.1 Å². The van der Waals surface area contributed by atoms with E-state index in [1.54, 1.807) is 0 Å². The summed E-state index contributed by atoms with van der Waals surface area (Å²) in [6, 6.07) is 3.30. The molecule has 136 valence electrons. The second kappa shape index (κ2) is 8.57. The fourth-order valence-corrected chi connectivity index (χ4v) is 2.91. The highest BCUT2D eigenvalue weighted by Crippen LogP contribution is 2.36. The van der Waals surface area contributed by atoms with Gasteiger partial charge < -0.3 is 9.16 Å². The summed E-state index contributed by atoms with van der Waals surface area (Å²) in [6.45, 7) is 12.1. The van der Waals surface area contributed by atoms with Crippen molar-refractivity contribution in [1.29, 1.82) is 0 Å². The Morgan fingerprint density at radius 1 is 1.17 bits per heavy atom. The maximum Gasteiger partial charge on any atom is 0.273 e. The highest BCUT2D eigenvalue weighted by Gasteiger charge is 2.36. The first-order chi connectivity index (χ1) is 11.0. The third kappa shape index (κ3) is 6.20. The van der Waals surface area contributed by atoms with E-state index >= 15 is 0 Å². The number of nitro groups is 1. The molecule has 1 aromatic carbocycles. The molecule has 0 aliphatic rings. The predicted molar refractivity (Wildman–Crippen MR) is 95.5 cm³/mol. The van der Waals surface area contributed by atoms with E-state index in [2.05, 4.69) is 33.9 Å². The number of non-ortho nitro benzene ring substituents is 1. The number of hydrogen-bond acceptors (Lipinski definition) is 4. The number of benzene rings is 1. The van der Waals surface area contributed by atoms with Crippen LogP contribution in [0.15, 0.2) is 18.2 Å². The molecule has 0 saturated carbocycles. The first-order valence-corrected chi connectivity index (χ1v) is 11.2. The molecular weight excluding hydrogens is 329 g/mol. The standard InChI is InChI=1S/C17H28FNO4Si/c1-17(2,3)24(4,5)23-12-8-6-7-11-22-16-13-14(19(20)21)9-10-15(16)18/h9-10,13H,6-8,11-12H2,1-5H3. The zero-order valence-electron chi connectivity index (χ0n) is 15.2. The van der Waals surface area contributed by atoms with Crippen molar-refractivity contribution in [3.05, 3.63) is 34.1 Å². The summed E-state index contributed by atoms with van der Waals surface area (Å²) in [6.07, 6.45) is 2.58. The van der Waals surface area contributed by atoms with Gasteiger partial charge >= 0.3 is 0 Å². The Labute approximate surface area is 144 Å². The van der Waals surface area contributed by atoms with Crippen molar-refractivity contribution < 1.29 is 18.5 Å². The van der Waals surface area contributed by atoms with Gasteiger partial charge in [0.05, 0.1) is 17.6 Å². The molecule has 7 heteroatoms. The van der Waals surface area contributed by atoms with Gasteiger partial charge in [0.1, 0.15) is 0 Å². The highest BCUT2D eigenvalue weighted by atomic mass is 28.4. The third-order valence-corrected chi connectivity index (χ3v) is 8.98. The molecule has 0 aromatic heterocycles. The molecule has 0 aliphatic carbocycles. The zero-order chi connectivity index (χ0) is 18.4. The maximum absolute atomic E-state index is 13.5. The van der Waals surface area contributed by atoms with Gasteiger partial charge in [0.15, 0.2) is 19.9 Å². The summed E-state index contributed by atoms with van der Waals surface area (Å²) in [5.74, 6) is -0.649. The van der Waals surface area contributed by atoms with Gasteiger partial charge in [0.2, 0.25) is 0 Å². The SMILES string of the molecule is CC(C)(C)[Si](C)(C)OCCCCCOc1cc([N+](=O)[O-])ccc1F. The lowest BCUT2D eigenvalue weighted by Crippen LogP contribution is -2.40. The van der Waals surface area contributed by atoms with Crippen LogP contribution in [0, 0.1) is 15.9 Å². The lowest BCUT2D eigenvalue weighted by Gasteiger charge is -2.36. The van der Waals surface area contributed by atoms with Crippen LogP contribution < -0.4 is 4.74 Å². The van der Waals surface area contributed by atoms with E-state index in [9.17, 15) is 14.5 Å². The van der Waals surface area contributed by atoms with Gasteiger partial charge in [-0.15, -0.1) is 0 Å². The largest absolute Gasteiger partial charge is 0.490 e. The summed E-state index contributed by atoms with van der Waals surface area (Å²) in [5.41, 5.74) is -0.172. The molecule has 0 atom stereocenters. The number of rotatable bonds is 9. The van der Waals surface area contributed by atoms with Crippen molar-refractivity contribution in [3.63, 3.8) is 0 Å². The molecule has 24 heavy (non-hydrogen) atoms. The fraction of sp³-hybridized carbons (Fsp3) is 0.647. The highest BCUT2D eigenvalue weighted by molar-refractivity contribution is 6.74. The van der Waals surface area contributed by atoms with Crippen LogP contribution in [0.1, 0.15) is 40.0 Å². The number of unbranched alkanes of at least 4 members (excludes halogenated alkanes) is 2. The minimum Gasteiger partial charge on any atom is -0.490 e. The molecule has 0 bridgehead atoms. The van der Waals surface area contributed by atoms with Gasteiger partial charge in [0, 0.05) is 12.7 Å². The van der Waals surface area contributed by atoms with Crippen molar-refractivity contribution in [2.24, 2.45) is 0 Å². The van der Waals surface area contributed by atoms with Crippen LogP contribution in [0.25, 0.3) is 0 Å². The molecule has 0 amide bonds. The van der Waals surface area contributed by atoms with Gasteiger partial charge in [-0.2, -0.15) is 0 Å². The Balaban J connectivity index is 2.28. The molecule has 0 N–H and O–H groups in total. The van der Waals surface area contributed by atoms with Crippen LogP contribution in [-0.2, 0) is 4.43 Å². The topological polar surface area (TPSA) is 61.6 Å². The van der Waals surface area contributed by atoms with Gasteiger partial charge in [-0.1, -0.05) is 20.8 Å². The summed E-state index contributed by atoms with van der Waals surface area (Å²) in [5, 5.41) is 10.9. The molecule has 0 heterocycles. The third-order valence-electron chi connectivity index (χ3n) is 4.44. The van der Waals surface area contributed by atoms with E-state index in [4.69, 9.17) is 9.16 Å². The molecule has 0 saturated heterocycles. The summed E-state index contributed by atoms with van der Waals surface area (Å²) in [7, 11) is -1.70. The first kappa shape index (κ1) is 20.6. The quantitative estimate of drug-likeness (QED) is 0.260. The second-order valence-corrected chi connectivity index (χ2v) is 12.2. The Bertz CT molecular complexity index is 558. The Kier molecular flexibility index (Phi) is 7.35. The molecule has 0 radical (unpaired) electrons. The van der Waals surface area contributed by atoms with Crippen LogP contribution in [0.2, 0.25) is 18.1 Å². The van der Waals surface area contributed by atoms with Gasteiger partial charge in [0.25, 0.3) is 5.69 Å². The summed E-state index contributed by atoms with van der Waals surface area (Å²) < 4.78 is 24.9. The molecule has 0 fully saturated rings. The van der Waals surface area contributed by atoms with Crippen LogP contribution in [0.3, 0.4) is 0 Å². The van der Waals surface area contributed by atoms with Crippen molar-refractivity contribution in [2.45, 2.75) is 58.2 Å². The number of nitro benzene ring substituents is 1. The number of ether oxygens (including phenoxy) is 1. The lowest BCUT2D eigenvalue weighted by atomic mass is 10.2. The first-order valence-electron chi connectivity index (χ1n) is 8.25. The fourth-order valence-electron chi connectivity index (χ4n) is 1.82. The van der Waals surface area contributed by atoms with Crippen molar-refractivity contribution in [3.8, 4) is 5.75 Å². The molecule has 5 nitrogen and oxygen atoms in total. The Morgan fingerprint density at radius 2 is 1.79 bits per heavy atom. The van der Waals surface area contributed by atoms with Crippen molar-refractivity contribution in [1.82, 2.24) is 0 Å². The van der Waals surface area contributed by atoms with Crippen molar-refractivity contribution in [2.75, 3.05) is 13.2 Å². The summed E-state index contributed by atoms with van der Waals surface area (Å²) >= 11 is 0. The second-order valence-electron chi connectivity index (χ2n) is 7.39. The van der Waals surface area contributed by atoms with E-state index in [0.29, 0.717) is 6.61 Å². The van der Waals surface area contributed by atoms with Crippen LogP contribution in [0.4, 0.5) is 10.1 Å². The molecule has 0 aliphatic heterocycles. The molecule has 0 spiro atoms. The van der Waals surface area contributed by atoms with Crippen LogP contribution >= 0.6 is 0 Å². The van der Waals surface area contributed by atoms with Gasteiger partial charge in [-0.25, -0.2) is 4.39 Å². The minimum atomic E-state index is -1.70. The number of halogens is 1. The average molecular weight is 357 g/mol. The molecule has 1 rings (SSSR count). The van der Waals surface area contributed by atoms with E-state index < -0.39 is 19.1 Å². The zero-order valence-corrected chi connectivity index (χ0v) is 16.2. The van der Waals surface area contributed by atoms with Crippen LogP contribution in [0.5, 0.6) is 5.75 Å². The predicted octanol–water partition coefficient (Wildman–Crippen LogP) is 5.30. The Morgan fingerprint density at radius 3 is 2.38 bits per heavy atom. The monoisotopic (exact) mass is 357 g/mol. The molecule has 0 unspecified atom stereocenters. The molecular formula is C17H28FNO4Si. The number of nitrogens with zero attached hydrogens (tertiary/aromatic N) is 1. The molecule has 1 aromatic rings. The summed E-state index contributed by atoms with van der Waals surface area (Å²) in [4.78, 5) is 10.1. The van der Waals surface area contributed by atoms with E-state index in [1.807, 2.05) is 0 Å². The van der Waals surface area contributed by atoms with Crippen molar-refractivity contribution >= 4 is 14.0 Å². The smallest absolute Gasteiger partial charge is 0.273 e. The van der Waals surface area contributed by atoms with Crippen LogP contribution in [-0.4, -0.2) is 26.5 Å².